The molecule has 0 atom stereocenters. The molecule has 0 heterocycles. The lowest BCUT2D eigenvalue weighted by atomic mass is 10.1. The Kier molecular flexibility index (Phi) is 7.47. The second kappa shape index (κ2) is 7.73. The number of rotatable bonds is 6. The molecule has 0 aromatic heterocycles. The highest BCUT2D eigenvalue weighted by molar-refractivity contribution is 5.60. The first-order valence-corrected chi connectivity index (χ1v) is 4.55. The van der Waals surface area contributed by atoms with Crippen LogP contribution in [-0.2, 0) is 0 Å². The fraction of sp³-hybridized carbons (Fsp3) is 0.889. The topological polar surface area (TPSA) is 24.4 Å². The summed E-state index contributed by atoms with van der Waals surface area (Å²) < 4.78 is 0. The number of nitrogens with one attached hydrogen (secondary N) is 1. The fourth-order valence-electron chi connectivity index (χ4n) is 0.878. The number of nitrogens with zero attached hydrogens (tertiary/aromatic N) is 1. The number of aliphatic imine (C=N–C) groups is 1. The summed E-state index contributed by atoms with van der Waals surface area (Å²) in [6, 6.07) is 0. The third-order valence-electron chi connectivity index (χ3n) is 1.82. The van der Waals surface area contributed by atoms with Crippen molar-refractivity contribution >= 4 is 6.21 Å². The maximum atomic E-state index is 4.27. The van der Waals surface area contributed by atoms with Crippen LogP contribution in [-0.4, -0.2) is 19.4 Å². The summed E-state index contributed by atoms with van der Waals surface area (Å²) in [7, 11) is 0. The third-order valence-corrected chi connectivity index (χ3v) is 1.82. The van der Waals surface area contributed by atoms with Crippen molar-refractivity contribution in [2.75, 3.05) is 13.2 Å². The Labute approximate surface area is 70.1 Å². The summed E-state index contributed by atoms with van der Waals surface area (Å²) in [6.07, 6.45) is 4.47. The second-order valence-corrected chi connectivity index (χ2v) is 2.67. The van der Waals surface area contributed by atoms with E-state index in [1.165, 1.54) is 12.8 Å². The largest absolute Gasteiger partial charge is 0.299 e. The van der Waals surface area contributed by atoms with Gasteiger partial charge in [0.25, 0.3) is 0 Å². The first-order chi connectivity index (χ1) is 5.35. The van der Waals surface area contributed by atoms with Crippen LogP contribution in [0, 0.1) is 5.92 Å². The highest BCUT2D eigenvalue weighted by Crippen LogP contribution is 2.02. The number of hydrogen-bond acceptors (Lipinski definition) is 2. The van der Waals surface area contributed by atoms with E-state index < -0.39 is 0 Å². The summed E-state index contributed by atoms with van der Waals surface area (Å²) >= 11 is 0. The molecule has 0 rings (SSSR count). The van der Waals surface area contributed by atoms with Crippen LogP contribution in [0.5, 0.6) is 0 Å². The molecule has 0 unspecified atom stereocenters. The minimum atomic E-state index is 0.675. The van der Waals surface area contributed by atoms with E-state index in [-0.39, 0.29) is 0 Å². The van der Waals surface area contributed by atoms with Crippen molar-refractivity contribution in [1.82, 2.24) is 5.32 Å². The van der Waals surface area contributed by atoms with Gasteiger partial charge in [0, 0.05) is 6.21 Å². The molecule has 2 nitrogen and oxygen atoms in total. The SMILES string of the molecule is CCNCN=CC(CC)CC. The molecule has 0 aliphatic heterocycles. The van der Waals surface area contributed by atoms with E-state index in [4.69, 9.17) is 0 Å². The lowest BCUT2D eigenvalue weighted by Crippen LogP contribution is -2.13. The summed E-state index contributed by atoms with van der Waals surface area (Å²) in [5.74, 6) is 0.675. The predicted octanol–water partition coefficient (Wildman–Crippen LogP) is 2.06. The first kappa shape index (κ1) is 10.6. The van der Waals surface area contributed by atoms with E-state index in [9.17, 15) is 0 Å². The van der Waals surface area contributed by atoms with Crippen LogP contribution in [0.1, 0.15) is 33.6 Å². The lowest BCUT2D eigenvalue weighted by Gasteiger charge is -2.03. The van der Waals surface area contributed by atoms with E-state index in [0.717, 1.165) is 13.2 Å². The quantitative estimate of drug-likeness (QED) is 0.462. The van der Waals surface area contributed by atoms with Crippen molar-refractivity contribution < 1.29 is 0 Å². The molecule has 1 N–H and O–H groups in total. The second-order valence-electron chi connectivity index (χ2n) is 2.67. The highest BCUT2D eigenvalue weighted by Gasteiger charge is 1.96. The van der Waals surface area contributed by atoms with Crippen LogP contribution in [0.25, 0.3) is 0 Å². The summed E-state index contributed by atoms with van der Waals surface area (Å²) in [5, 5.41) is 3.15. The molecular weight excluding hydrogens is 136 g/mol. The molecule has 0 saturated carbocycles. The Bertz CT molecular complexity index is 95.7. The van der Waals surface area contributed by atoms with Crippen LogP contribution in [0.4, 0.5) is 0 Å². The predicted molar refractivity (Wildman–Crippen MR) is 51.1 cm³/mol. The average Bonchev–Trinajstić information content (AvgIpc) is 2.05. The van der Waals surface area contributed by atoms with Gasteiger partial charge in [-0.1, -0.05) is 20.8 Å². The van der Waals surface area contributed by atoms with Crippen LogP contribution >= 0.6 is 0 Å². The van der Waals surface area contributed by atoms with Crippen LogP contribution in [0.15, 0.2) is 4.99 Å². The Balaban J connectivity index is 3.36. The maximum absolute atomic E-state index is 4.27. The Morgan fingerprint density at radius 3 is 2.36 bits per heavy atom. The van der Waals surface area contributed by atoms with Gasteiger partial charge in [0.2, 0.25) is 0 Å². The Morgan fingerprint density at radius 2 is 1.91 bits per heavy atom. The zero-order chi connectivity index (χ0) is 8.53. The Hall–Kier alpha value is -0.370. The molecule has 0 spiro atoms. The van der Waals surface area contributed by atoms with Crippen molar-refractivity contribution in [2.24, 2.45) is 10.9 Å². The average molecular weight is 156 g/mol. The zero-order valence-electron chi connectivity index (χ0n) is 7.93. The van der Waals surface area contributed by atoms with Crippen molar-refractivity contribution in [2.45, 2.75) is 33.6 Å². The van der Waals surface area contributed by atoms with Gasteiger partial charge in [0.05, 0.1) is 6.67 Å². The Morgan fingerprint density at radius 1 is 1.27 bits per heavy atom. The van der Waals surface area contributed by atoms with E-state index in [2.05, 4.69) is 37.3 Å². The molecule has 2 heteroatoms. The molecule has 0 aliphatic rings. The third kappa shape index (κ3) is 6.05. The molecule has 11 heavy (non-hydrogen) atoms. The number of hydrogen-bond donors (Lipinski definition) is 1. The van der Waals surface area contributed by atoms with Gasteiger partial charge in [-0.25, -0.2) is 0 Å². The molecule has 0 amide bonds. The first-order valence-electron chi connectivity index (χ1n) is 4.55. The molecule has 0 aromatic rings. The summed E-state index contributed by atoms with van der Waals surface area (Å²) in [5.41, 5.74) is 0. The fourth-order valence-corrected chi connectivity index (χ4v) is 0.878. The van der Waals surface area contributed by atoms with Crippen LogP contribution < -0.4 is 5.32 Å². The van der Waals surface area contributed by atoms with Gasteiger partial charge >= 0.3 is 0 Å². The normalized spacial score (nSPS) is 11.6. The monoisotopic (exact) mass is 156 g/mol. The van der Waals surface area contributed by atoms with Crippen molar-refractivity contribution in [3.05, 3.63) is 0 Å². The maximum Gasteiger partial charge on any atom is 0.0880 e. The molecule has 0 bridgehead atoms. The highest BCUT2D eigenvalue weighted by atomic mass is 15.0. The van der Waals surface area contributed by atoms with Gasteiger partial charge in [0.15, 0.2) is 0 Å². The molecule has 0 saturated heterocycles. The van der Waals surface area contributed by atoms with Gasteiger partial charge in [0.1, 0.15) is 0 Å². The molecule has 0 fully saturated rings. The molecule has 0 radical (unpaired) electrons. The standard InChI is InChI=1S/C9H20N2/c1-4-9(5-2)7-11-8-10-6-3/h7,9-10H,4-6,8H2,1-3H3. The van der Waals surface area contributed by atoms with Crippen molar-refractivity contribution in [3.63, 3.8) is 0 Å². The lowest BCUT2D eigenvalue weighted by molar-refractivity contribution is 0.647. The van der Waals surface area contributed by atoms with Gasteiger partial charge in [-0.15, -0.1) is 0 Å². The smallest absolute Gasteiger partial charge is 0.0880 e. The van der Waals surface area contributed by atoms with Gasteiger partial charge in [-0.3, -0.25) is 10.3 Å². The van der Waals surface area contributed by atoms with Gasteiger partial charge < -0.3 is 0 Å². The van der Waals surface area contributed by atoms with Crippen LogP contribution in [0.2, 0.25) is 0 Å². The van der Waals surface area contributed by atoms with Crippen LogP contribution in [0.3, 0.4) is 0 Å². The van der Waals surface area contributed by atoms with Gasteiger partial charge in [-0.05, 0) is 25.3 Å². The van der Waals surface area contributed by atoms with Crippen molar-refractivity contribution in [1.29, 1.82) is 0 Å². The van der Waals surface area contributed by atoms with Crippen molar-refractivity contribution in [3.8, 4) is 0 Å². The minimum absolute atomic E-state index is 0.675. The minimum Gasteiger partial charge on any atom is -0.299 e. The molecule has 0 aliphatic carbocycles. The summed E-state index contributed by atoms with van der Waals surface area (Å²) in [6.45, 7) is 8.26. The molecule has 0 aromatic carbocycles. The zero-order valence-corrected chi connectivity index (χ0v) is 7.93. The van der Waals surface area contributed by atoms with Gasteiger partial charge in [-0.2, -0.15) is 0 Å². The van der Waals surface area contributed by atoms with E-state index in [1.54, 1.807) is 0 Å². The molecule has 66 valence electrons. The summed E-state index contributed by atoms with van der Waals surface area (Å²) in [4.78, 5) is 4.27. The van der Waals surface area contributed by atoms with E-state index in [0.29, 0.717) is 5.92 Å². The van der Waals surface area contributed by atoms with E-state index in [1.807, 2.05) is 0 Å². The van der Waals surface area contributed by atoms with E-state index >= 15 is 0 Å². The molecular formula is C9H20N2.